The van der Waals surface area contributed by atoms with Gasteiger partial charge in [0.05, 0.1) is 17.3 Å². The van der Waals surface area contributed by atoms with Gasteiger partial charge < -0.3 is 15.3 Å². The largest absolute Gasteiger partial charge is 0.438 e. The van der Waals surface area contributed by atoms with E-state index in [2.05, 4.69) is 15.1 Å². The highest BCUT2D eigenvalue weighted by Crippen LogP contribution is 2.14. The van der Waals surface area contributed by atoms with Gasteiger partial charge >= 0.3 is 5.82 Å². The van der Waals surface area contributed by atoms with Gasteiger partial charge in [-0.15, -0.1) is 0 Å². The van der Waals surface area contributed by atoms with Crippen LogP contribution in [-0.2, 0) is 6.54 Å². The van der Waals surface area contributed by atoms with Crippen molar-refractivity contribution in [3.05, 3.63) is 75.0 Å². The summed E-state index contributed by atoms with van der Waals surface area (Å²) in [5, 5.41) is 25.6. The fraction of sp³-hybridized carbons (Fsp3) is 0.0714. The molecule has 0 saturated carbocycles. The molecule has 0 fully saturated rings. The van der Waals surface area contributed by atoms with Crippen LogP contribution in [0.15, 0.2) is 53.7 Å². The second-order valence-corrected chi connectivity index (χ2v) is 5.14. The molecule has 0 radical (unpaired) electrons. The minimum Gasteiger partial charge on any atom is -0.409 e. The molecule has 122 valence electrons. The van der Waals surface area contributed by atoms with Crippen LogP contribution in [0.4, 0.5) is 5.82 Å². The number of pyridine rings is 1. The lowest BCUT2D eigenvalue weighted by molar-refractivity contribution is -0.391. The summed E-state index contributed by atoms with van der Waals surface area (Å²) in [4.78, 5) is 20.1. The molecule has 2 aromatic heterocycles. The maximum atomic E-state index is 11.2. The maximum Gasteiger partial charge on any atom is 0.438 e. The zero-order valence-corrected chi connectivity index (χ0v) is 12.9. The molecule has 0 aliphatic heterocycles. The van der Waals surface area contributed by atoms with E-state index in [-0.39, 0.29) is 12.0 Å². The Kier molecular flexibility index (Phi) is 4.25. The standard InChI is InChI=1S/C14H11ClN6O3/c15-10-4-3-6-12(8-10)19-18-14(21(23)24)13(20(19)22)17-9-11-5-1-2-7-16-11/h1-8,22H,9H2. The molecule has 3 rings (SSSR count). The lowest BCUT2D eigenvalue weighted by Crippen LogP contribution is -2.22. The Morgan fingerprint density at radius 3 is 2.79 bits per heavy atom. The van der Waals surface area contributed by atoms with Crippen LogP contribution in [0.1, 0.15) is 5.69 Å². The van der Waals surface area contributed by atoms with Crippen molar-refractivity contribution in [2.45, 2.75) is 6.54 Å². The molecule has 9 nitrogen and oxygen atoms in total. The third kappa shape index (κ3) is 3.10. The van der Waals surface area contributed by atoms with Crippen LogP contribution in [0.3, 0.4) is 0 Å². The van der Waals surface area contributed by atoms with Crippen LogP contribution in [-0.4, -0.2) is 29.9 Å². The molecule has 10 heteroatoms. The molecule has 0 saturated heterocycles. The van der Waals surface area contributed by atoms with Gasteiger partial charge in [-0.25, -0.2) is 4.99 Å². The molecule has 1 N–H and O–H groups in total. The number of nitrogens with zero attached hydrogens (tertiary/aromatic N) is 6. The van der Waals surface area contributed by atoms with E-state index in [0.717, 1.165) is 4.80 Å². The first-order valence-corrected chi connectivity index (χ1v) is 7.16. The Labute approximate surface area is 140 Å². The molecule has 3 aromatic rings. The lowest BCUT2D eigenvalue weighted by atomic mass is 10.3. The van der Waals surface area contributed by atoms with Crippen molar-refractivity contribution in [2.24, 2.45) is 4.99 Å². The van der Waals surface area contributed by atoms with Gasteiger partial charge in [0.1, 0.15) is 5.69 Å². The fourth-order valence-corrected chi connectivity index (χ4v) is 2.21. The number of nitro groups is 1. The molecule has 0 spiro atoms. The number of hydrogen-bond acceptors (Lipinski definition) is 6. The van der Waals surface area contributed by atoms with Crippen molar-refractivity contribution in [2.75, 3.05) is 0 Å². The average Bonchev–Trinajstić information content (AvgIpc) is 2.91. The number of benzene rings is 1. The van der Waals surface area contributed by atoms with Gasteiger partial charge in [-0.1, -0.05) is 28.6 Å². The molecule has 2 heterocycles. The van der Waals surface area contributed by atoms with Gasteiger partial charge in [0.2, 0.25) is 0 Å². The van der Waals surface area contributed by atoms with E-state index in [1.165, 1.54) is 6.07 Å². The van der Waals surface area contributed by atoms with E-state index in [1.54, 1.807) is 42.6 Å². The molecule has 24 heavy (non-hydrogen) atoms. The summed E-state index contributed by atoms with van der Waals surface area (Å²) in [6, 6.07) is 11.6. The summed E-state index contributed by atoms with van der Waals surface area (Å²) >= 11 is 5.90. The van der Waals surface area contributed by atoms with E-state index in [0.29, 0.717) is 21.2 Å². The molecule has 0 aliphatic carbocycles. The predicted octanol–water partition coefficient (Wildman–Crippen LogP) is 1.97. The van der Waals surface area contributed by atoms with Gasteiger partial charge in [0, 0.05) is 11.2 Å². The smallest absolute Gasteiger partial charge is 0.409 e. The van der Waals surface area contributed by atoms with Crippen LogP contribution >= 0.6 is 11.6 Å². The zero-order chi connectivity index (χ0) is 17.1. The summed E-state index contributed by atoms with van der Waals surface area (Å²) in [5.74, 6) is -0.576. The van der Waals surface area contributed by atoms with Crippen LogP contribution in [0.5, 0.6) is 0 Å². The quantitative estimate of drug-likeness (QED) is 0.441. The van der Waals surface area contributed by atoms with Crippen LogP contribution in [0.2, 0.25) is 5.02 Å². The Hall–Kier alpha value is -3.20. The second kappa shape index (κ2) is 6.50. The van der Waals surface area contributed by atoms with E-state index >= 15 is 0 Å². The Morgan fingerprint density at radius 2 is 2.12 bits per heavy atom. The van der Waals surface area contributed by atoms with Gasteiger partial charge in [-0.05, 0) is 40.1 Å². The monoisotopic (exact) mass is 346 g/mol. The van der Waals surface area contributed by atoms with Crippen molar-refractivity contribution in [3.8, 4) is 5.69 Å². The molecule has 0 atom stereocenters. The van der Waals surface area contributed by atoms with Gasteiger partial charge in [-0.3, -0.25) is 4.98 Å². The first-order valence-electron chi connectivity index (χ1n) is 6.78. The summed E-state index contributed by atoms with van der Waals surface area (Å²) in [7, 11) is 0. The van der Waals surface area contributed by atoms with Crippen molar-refractivity contribution in [3.63, 3.8) is 0 Å². The second-order valence-electron chi connectivity index (χ2n) is 4.70. The number of aromatic nitrogens is 4. The predicted molar refractivity (Wildman–Crippen MR) is 83.9 cm³/mol. The molecular weight excluding hydrogens is 336 g/mol. The van der Waals surface area contributed by atoms with E-state index in [1.807, 2.05) is 0 Å². The molecule has 0 bridgehead atoms. The van der Waals surface area contributed by atoms with Crippen molar-refractivity contribution >= 4 is 17.4 Å². The molecule has 1 aromatic carbocycles. The van der Waals surface area contributed by atoms with E-state index < -0.39 is 10.7 Å². The summed E-state index contributed by atoms with van der Waals surface area (Å²) in [5.41, 5.74) is 0.667. The van der Waals surface area contributed by atoms with Crippen LogP contribution in [0, 0.1) is 10.1 Å². The van der Waals surface area contributed by atoms with Gasteiger partial charge in [0.25, 0.3) is 5.49 Å². The average molecular weight is 347 g/mol. The van der Waals surface area contributed by atoms with Gasteiger partial charge in [-0.2, -0.15) is 0 Å². The minimum atomic E-state index is -0.717. The van der Waals surface area contributed by atoms with E-state index in [9.17, 15) is 15.3 Å². The summed E-state index contributed by atoms with van der Waals surface area (Å²) in [6.07, 6.45) is 1.58. The van der Waals surface area contributed by atoms with Crippen molar-refractivity contribution in [1.82, 2.24) is 19.7 Å². The highest BCUT2D eigenvalue weighted by molar-refractivity contribution is 6.30. The van der Waals surface area contributed by atoms with E-state index in [4.69, 9.17) is 11.6 Å². The first kappa shape index (κ1) is 15.7. The summed E-state index contributed by atoms with van der Waals surface area (Å²) in [6.45, 7) is 0.0590. The Bertz CT molecular complexity index is 951. The van der Waals surface area contributed by atoms with Crippen molar-refractivity contribution in [1.29, 1.82) is 0 Å². The van der Waals surface area contributed by atoms with Crippen LogP contribution in [0.25, 0.3) is 5.69 Å². The first-order chi connectivity index (χ1) is 11.6. The summed E-state index contributed by atoms with van der Waals surface area (Å²) < 4.78 is 0. The van der Waals surface area contributed by atoms with Crippen molar-refractivity contribution < 1.29 is 10.1 Å². The topological polar surface area (TPSA) is 111 Å². The number of hydrogen-bond donors (Lipinski definition) is 1. The molecule has 0 amide bonds. The minimum absolute atomic E-state index is 0.0590. The molecular formula is C14H11ClN6O3. The zero-order valence-electron chi connectivity index (χ0n) is 12.2. The molecule has 0 aliphatic rings. The Morgan fingerprint density at radius 1 is 1.29 bits per heavy atom. The number of rotatable bonds is 4. The third-order valence-electron chi connectivity index (χ3n) is 3.09. The fourth-order valence-electron chi connectivity index (χ4n) is 2.02. The molecule has 0 unspecified atom stereocenters. The van der Waals surface area contributed by atoms with Gasteiger partial charge in [0.15, 0.2) is 0 Å². The third-order valence-corrected chi connectivity index (χ3v) is 3.32. The highest BCUT2D eigenvalue weighted by Gasteiger charge is 2.24. The Balaban J connectivity index is 2.10. The maximum absolute atomic E-state index is 11.2. The normalized spacial score (nSPS) is 11.6. The number of halogens is 1. The lowest BCUT2D eigenvalue weighted by Gasteiger charge is -2.00. The SMILES string of the molecule is O=[N+]([O-])c1nn(-c2cccc(Cl)c2)n(O)c1=NCc1ccccn1. The van der Waals surface area contributed by atoms with Crippen LogP contribution < -0.4 is 5.49 Å². The highest BCUT2D eigenvalue weighted by atomic mass is 35.5.